The lowest BCUT2D eigenvalue weighted by molar-refractivity contribution is -0.121. The monoisotopic (exact) mass is 386 g/mol. The molecule has 2 heterocycles. The summed E-state index contributed by atoms with van der Waals surface area (Å²) in [7, 11) is 0. The van der Waals surface area contributed by atoms with E-state index in [9.17, 15) is 4.79 Å². The van der Waals surface area contributed by atoms with E-state index < -0.39 is 0 Å². The van der Waals surface area contributed by atoms with Crippen LogP contribution in [0.25, 0.3) is 10.7 Å². The van der Waals surface area contributed by atoms with E-state index in [1.165, 1.54) is 11.3 Å². The predicted octanol–water partition coefficient (Wildman–Crippen LogP) is 2.61. The number of hydrogen-bond acceptors (Lipinski definition) is 6. The van der Waals surface area contributed by atoms with Crippen molar-refractivity contribution in [1.82, 2.24) is 20.8 Å². The summed E-state index contributed by atoms with van der Waals surface area (Å²) in [6.45, 7) is 5.58. The summed E-state index contributed by atoms with van der Waals surface area (Å²) in [6, 6.07) is 2.20. The van der Waals surface area contributed by atoms with Crippen LogP contribution in [0, 0.1) is 0 Å². The minimum absolute atomic E-state index is 0.0108. The zero-order valence-electron chi connectivity index (χ0n) is 12.6. The Morgan fingerprint density at radius 1 is 1.55 bits per heavy atom. The fraction of sp³-hybridized carbons (Fsp3) is 0.500. The van der Waals surface area contributed by atoms with Crippen LogP contribution in [-0.2, 0) is 11.2 Å². The van der Waals surface area contributed by atoms with Gasteiger partial charge < -0.3 is 15.2 Å². The van der Waals surface area contributed by atoms with E-state index in [0.29, 0.717) is 31.1 Å². The van der Waals surface area contributed by atoms with Crippen molar-refractivity contribution in [3.05, 3.63) is 21.8 Å². The Balaban J connectivity index is 1.77. The molecule has 2 rings (SSSR count). The number of nitrogens with one attached hydrogen (secondary N) is 2. The number of carbonyl (C=O) groups is 1. The van der Waals surface area contributed by atoms with Crippen molar-refractivity contribution in [2.45, 2.75) is 32.7 Å². The van der Waals surface area contributed by atoms with Crippen LogP contribution in [0.3, 0.4) is 0 Å². The lowest BCUT2D eigenvalue weighted by atomic mass is 10.2. The predicted molar refractivity (Wildman–Crippen MR) is 89.8 cm³/mol. The van der Waals surface area contributed by atoms with E-state index in [4.69, 9.17) is 4.52 Å². The number of rotatable bonds is 8. The smallest absolute Gasteiger partial charge is 0.227 e. The maximum atomic E-state index is 11.8. The number of thiophene rings is 1. The van der Waals surface area contributed by atoms with Gasteiger partial charge in [0.15, 0.2) is 0 Å². The zero-order chi connectivity index (χ0) is 15.9. The quantitative estimate of drug-likeness (QED) is 0.728. The van der Waals surface area contributed by atoms with Gasteiger partial charge in [-0.2, -0.15) is 4.98 Å². The summed E-state index contributed by atoms with van der Waals surface area (Å²) < 4.78 is 6.17. The molecule has 6 nitrogen and oxygen atoms in total. The van der Waals surface area contributed by atoms with Crippen molar-refractivity contribution in [2.24, 2.45) is 0 Å². The van der Waals surface area contributed by atoms with Gasteiger partial charge in [0.2, 0.25) is 17.6 Å². The number of carbonyl (C=O) groups excluding carboxylic acids is 1. The molecule has 0 bridgehead atoms. The van der Waals surface area contributed by atoms with Gasteiger partial charge in [0.05, 0.1) is 4.88 Å². The molecule has 2 aromatic rings. The van der Waals surface area contributed by atoms with Crippen molar-refractivity contribution in [2.75, 3.05) is 13.1 Å². The molecule has 0 fully saturated rings. The van der Waals surface area contributed by atoms with Crippen LogP contribution < -0.4 is 10.6 Å². The maximum Gasteiger partial charge on any atom is 0.227 e. The molecule has 8 heteroatoms. The second-order valence-electron chi connectivity index (χ2n) is 4.90. The Kier molecular flexibility index (Phi) is 6.53. The molecule has 22 heavy (non-hydrogen) atoms. The molecule has 2 N–H and O–H groups in total. The van der Waals surface area contributed by atoms with Crippen molar-refractivity contribution in [3.63, 3.8) is 0 Å². The molecule has 0 spiro atoms. The van der Waals surface area contributed by atoms with Crippen LogP contribution in [0.2, 0.25) is 0 Å². The van der Waals surface area contributed by atoms with Crippen molar-refractivity contribution < 1.29 is 9.32 Å². The minimum atomic E-state index is -0.0108. The fourth-order valence-corrected chi connectivity index (χ4v) is 3.23. The third kappa shape index (κ3) is 5.19. The van der Waals surface area contributed by atoms with Gasteiger partial charge in [0.25, 0.3) is 0 Å². The van der Waals surface area contributed by atoms with E-state index in [0.717, 1.165) is 15.9 Å². The number of amides is 1. The molecular weight excluding hydrogens is 368 g/mol. The topological polar surface area (TPSA) is 80.0 Å². The highest BCUT2D eigenvalue weighted by Crippen LogP contribution is 2.27. The zero-order valence-corrected chi connectivity index (χ0v) is 15.0. The Bertz CT molecular complexity index is 614. The molecular formula is C14H19BrN4O2S. The van der Waals surface area contributed by atoms with Gasteiger partial charge in [-0.1, -0.05) is 12.1 Å². The van der Waals surface area contributed by atoms with Gasteiger partial charge in [-0.3, -0.25) is 4.79 Å². The first-order valence-electron chi connectivity index (χ1n) is 7.15. The van der Waals surface area contributed by atoms with E-state index in [1.807, 2.05) is 25.3 Å². The van der Waals surface area contributed by atoms with Crippen LogP contribution in [0.1, 0.15) is 26.2 Å². The maximum absolute atomic E-state index is 11.8. The molecule has 0 saturated carbocycles. The molecule has 0 aromatic carbocycles. The molecule has 1 atom stereocenters. The summed E-state index contributed by atoms with van der Waals surface area (Å²) in [5.41, 5.74) is 0. The van der Waals surface area contributed by atoms with Crippen LogP contribution in [0.5, 0.6) is 0 Å². The highest BCUT2D eigenvalue weighted by atomic mass is 79.9. The van der Waals surface area contributed by atoms with Gasteiger partial charge in [-0.25, -0.2) is 0 Å². The summed E-state index contributed by atoms with van der Waals surface area (Å²) >= 11 is 4.93. The molecule has 0 aliphatic rings. The van der Waals surface area contributed by atoms with Gasteiger partial charge in [-0.15, -0.1) is 11.3 Å². The lowest BCUT2D eigenvalue weighted by Gasteiger charge is -2.12. The first-order valence-corrected chi connectivity index (χ1v) is 8.82. The summed E-state index contributed by atoms with van der Waals surface area (Å²) in [6.07, 6.45) is 0.787. The van der Waals surface area contributed by atoms with Crippen molar-refractivity contribution in [3.8, 4) is 10.7 Å². The van der Waals surface area contributed by atoms with Crippen molar-refractivity contribution in [1.29, 1.82) is 0 Å². The molecule has 1 amide bonds. The average Bonchev–Trinajstić information content (AvgIpc) is 3.12. The van der Waals surface area contributed by atoms with Crippen LogP contribution in [0.4, 0.5) is 0 Å². The Labute approximate surface area is 141 Å². The molecule has 0 aliphatic carbocycles. The van der Waals surface area contributed by atoms with E-state index in [2.05, 4.69) is 36.7 Å². The molecule has 0 aliphatic heterocycles. The first-order chi connectivity index (χ1) is 10.6. The molecule has 120 valence electrons. The number of halogens is 1. The van der Waals surface area contributed by atoms with Crippen LogP contribution in [-0.4, -0.2) is 35.2 Å². The third-order valence-electron chi connectivity index (χ3n) is 2.98. The van der Waals surface area contributed by atoms with Gasteiger partial charge in [0, 0.05) is 35.3 Å². The Hall–Kier alpha value is -1.25. The summed E-state index contributed by atoms with van der Waals surface area (Å²) in [5, 5.41) is 12.0. The molecule has 0 radical (unpaired) electrons. The van der Waals surface area contributed by atoms with E-state index in [-0.39, 0.29) is 11.9 Å². The average molecular weight is 387 g/mol. The highest BCUT2D eigenvalue weighted by molar-refractivity contribution is 9.10. The molecule has 0 unspecified atom stereocenters. The second-order valence-corrected chi connectivity index (χ2v) is 6.73. The SMILES string of the molecule is CCN[C@H](C)CNC(=O)CCc1nc(-c2cc(Br)cs2)no1. The van der Waals surface area contributed by atoms with E-state index in [1.54, 1.807) is 0 Å². The normalized spacial score (nSPS) is 12.3. The van der Waals surface area contributed by atoms with Crippen LogP contribution in [0.15, 0.2) is 20.4 Å². The number of aromatic nitrogens is 2. The van der Waals surface area contributed by atoms with Crippen molar-refractivity contribution >= 4 is 33.2 Å². The lowest BCUT2D eigenvalue weighted by Crippen LogP contribution is -2.38. The van der Waals surface area contributed by atoms with Gasteiger partial charge in [-0.05, 0) is 35.5 Å². The van der Waals surface area contributed by atoms with E-state index >= 15 is 0 Å². The number of likely N-dealkylation sites (N-methyl/N-ethyl adjacent to an activating group) is 1. The fourth-order valence-electron chi connectivity index (χ4n) is 1.88. The summed E-state index contributed by atoms with van der Waals surface area (Å²) in [5.74, 6) is 1.03. The standard InChI is InChI=1S/C14H19BrN4O2S/c1-3-16-9(2)7-17-12(20)4-5-13-18-14(19-21-13)11-6-10(15)8-22-11/h6,8-9,16H,3-5,7H2,1-2H3,(H,17,20)/t9-/m1/s1. The number of aryl methyl sites for hydroxylation is 1. The highest BCUT2D eigenvalue weighted by Gasteiger charge is 2.12. The number of hydrogen-bond donors (Lipinski definition) is 2. The van der Waals surface area contributed by atoms with Crippen LogP contribution >= 0.6 is 27.3 Å². The molecule has 2 aromatic heterocycles. The largest absolute Gasteiger partial charge is 0.355 e. The number of nitrogens with zero attached hydrogens (tertiary/aromatic N) is 2. The van der Waals surface area contributed by atoms with Gasteiger partial charge >= 0.3 is 0 Å². The second kappa shape index (κ2) is 8.40. The third-order valence-corrected chi connectivity index (χ3v) is 4.67. The molecule has 0 saturated heterocycles. The first kappa shape index (κ1) is 17.1. The Morgan fingerprint density at radius 3 is 3.05 bits per heavy atom. The Morgan fingerprint density at radius 2 is 2.36 bits per heavy atom. The minimum Gasteiger partial charge on any atom is -0.355 e. The summed E-state index contributed by atoms with van der Waals surface area (Å²) in [4.78, 5) is 17.0. The van der Waals surface area contributed by atoms with Gasteiger partial charge in [0.1, 0.15) is 0 Å².